The van der Waals surface area contributed by atoms with Crippen molar-refractivity contribution in [3.8, 4) is 10.4 Å². The highest BCUT2D eigenvalue weighted by atomic mass is 32.2. The first-order chi connectivity index (χ1) is 17.6. The summed E-state index contributed by atoms with van der Waals surface area (Å²) in [6, 6.07) is 12.4. The third-order valence-electron chi connectivity index (χ3n) is 7.75. The van der Waals surface area contributed by atoms with Crippen LogP contribution >= 0.6 is 23.1 Å². The molecule has 2 unspecified atom stereocenters. The summed E-state index contributed by atoms with van der Waals surface area (Å²) < 4.78 is 0. The average molecular weight is 545 g/mol. The predicted octanol–water partition coefficient (Wildman–Crippen LogP) is 8.41. The normalized spacial score (nSPS) is 18.8. The van der Waals surface area contributed by atoms with E-state index >= 15 is 0 Å². The van der Waals surface area contributed by atoms with Crippen LogP contribution in [0.1, 0.15) is 108 Å². The zero-order valence-corrected chi connectivity index (χ0v) is 25.1. The van der Waals surface area contributed by atoms with E-state index in [1.807, 2.05) is 12.1 Å². The molecule has 1 aliphatic rings. The van der Waals surface area contributed by atoms with E-state index in [0.29, 0.717) is 10.5 Å². The number of rotatable bonds is 14. The third-order valence-corrected chi connectivity index (χ3v) is 10.6. The summed E-state index contributed by atoms with van der Waals surface area (Å²) in [5.41, 5.74) is 2.73. The van der Waals surface area contributed by atoms with E-state index in [9.17, 15) is 15.0 Å². The predicted molar refractivity (Wildman–Crippen MR) is 162 cm³/mol. The summed E-state index contributed by atoms with van der Waals surface area (Å²) in [5.74, 6) is 0. The molecule has 0 aliphatic carbocycles. The highest BCUT2D eigenvalue weighted by Crippen LogP contribution is 2.47. The second-order valence-electron chi connectivity index (χ2n) is 12.5. The summed E-state index contributed by atoms with van der Waals surface area (Å²) >= 11 is 3.92. The standard InChI is InChI=1S/C32H48O3S2/c1-31(2,22-33)18-9-7-12-25-14-11-17-29(36-25)27-15-5-6-16-28(27)30-21-24(35)20-26(37-30)13-8-10-19-32(3,4)23-34/h5-6,15-16,20-21,25,29,33-34H,7-14,17-19,22-23H2,1-4H3. The molecular weight excluding hydrogens is 496 g/mol. The zero-order chi connectivity index (χ0) is 26.9. The fourth-order valence-electron chi connectivity index (χ4n) is 5.16. The molecule has 2 atom stereocenters. The Kier molecular flexibility index (Phi) is 11.8. The molecule has 206 valence electrons. The van der Waals surface area contributed by atoms with Crippen molar-refractivity contribution >= 4 is 23.1 Å². The lowest BCUT2D eigenvalue weighted by Crippen LogP contribution is -2.17. The van der Waals surface area contributed by atoms with Crippen molar-refractivity contribution in [2.24, 2.45) is 10.8 Å². The van der Waals surface area contributed by atoms with Gasteiger partial charge in [-0.3, -0.25) is 4.79 Å². The number of hydrogen-bond acceptors (Lipinski definition) is 5. The number of thioether (sulfide) groups is 1. The van der Waals surface area contributed by atoms with E-state index in [1.165, 1.54) is 54.5 Å². The van der Waals surface area contributed by atoms with E-state index in [0.717, 1.165) is 37.0 Å². The molecule has 37 heavy (non-hydrogen) atoms. The molecule has 1 aliphatic heterocycles. The Balaban J connectivity index is 1.66. The summed E-state index contributed by atoms with van der Waals surface area (Å²) in [6.45, 7) is 8.99. The molecule has 0 amide bonds. The minimum absolute atomic E-state index is 0.0283. The van der Waals surface area contributed by atoms with Crippen LogP contribution in [0.4, 0.5) is 0 Å². The highest BCUT2D eigenvalue weighted by molar-refractivity contribution is 8.00. The number of aryl methyl sites for hydroxylation is 1. The number of aliphatic hydroxyl groups is 2. The van der Waals surface area contributed by atoms with Gasteiger partial charge >= 0.3 is 0 Å². The summed E-state index contributed by atoms with van der Waals surface area (Å²) in [6.07, 6.45) is 12.5. The molecule has 0 radical (unpaired) electrons. The van der Waals surface area contributed by atoms with Crippen molar-refractivity contribution < 1.29 is 10.2 Å². The fourth-order valence-corrected chi connectivity index (χ4v) is 8.06. The molecule has 2 aromatic rings. The summed E-state index contributed by atoms with van der Waals surface area (Å²) in [5, 5.41) is 20.2. The fraction of sp³-hybridized carbons (Fsp3) is 0.656. The molecule has 1 aromatic carbocycles. The Morgan fingerprint density at radius 1 is 0.892 bits per heavy atom. The van der Waals surface area contributed by atoms with Crippen molar-refractivity contribution in [3.63, 3.8) is 0 Å². The lowest BCUT2D eigenvalue weighted by molar-refractivity contribution is 0.147. The van der Waals surface area contributed by atoms with Gasteiger partial charge in [0.15, 0.2) is 5.43 Å². The first-order valence-electron chi connectivity index (χ1n) is 14.2. The van der Waals surface area contributed by atoms with Crippen molar-refractivity contribution in [2.75, 3.05) is 13.2 Å². The zero-order valence-electron chi connectivity index (χ0n) is 23.4. The molecule has 1 saturated heterocycles. The maximum Gasteiger partial charge on any atom is 0.181 e. The molecular formula is C32H48O3S2. The molecule has 0 saturated carbocycles. The van der Waals surface area contributed by atoms with Crippen LogP contribution in [0.2, 0.25) is 0 Å². The lowest BCUT2D eigenvalue weighted by Gasteiger charge is -2.30. The van der Waals surface area contributed by atoms with Gasteiger partial charge in [0.2, 0.25) is 0 Å². The van der Waals surface area contributed by atoms with E-state index in [2.05, 4.69) is 63.7 Å². The third kappa shape index (κ3) is 9.84. The minimum Gasteiger partial charge on any atom is -0.396 e. The van der Waals surface area contributed by atoms with E-state index in [1.54, 1.807) is 11.3 Å². The average Bonchev–Trinajstić information content (AvgIpc) is 2.89. The van der Waals surface area contributed by atoms with Crippen LogP contribution in [0.15, 0.2) is 41.2 Å². The monoisotopic (exact) mass is 544 g/mol. The largest absolute Gasteiger partial charge is 0.396 e. The van der Waals surface area contributed by atoms with Crippen LogP contribution in [-0.2, 0) is 6.42 Å². The Morgan fingerprint density at radius 2 is 1.57 bits per heavy atom. The van der Waals surface area contributed by atoms with Crippen LogP contribution in [0.3, 0.4) is 0 Å². The first-order valence-corrected chi connectivity index (χ1v) is 16.0. The maximum absolute atomic E-state index is 12.7. The number of unbranched alkanes of at least 4 members (excludes halogenated alkanes) is 2. The van der Waals surface area contributed by atoms with Crippen molar-refractivity contribution in [2.45, 2.75) is 109 Å². The second kappa shape index (κ2) is 14.3. The first kappa shape index (κ1) is 30.4. The number of hydrogen-bond donors (Lipinski definition) is 2. The highest BCUT2D eigenvalue weighted by Gasteiger charge is 2.26. The molecule has 3 rings (SSSR count). The lowest BCUT2D eigenvalue weighted by atomic mass is 9.88. The van der Waals surface area contributed by atoms with Gasteiger partial charge in [-0.1, -0.05) is 77.6 Å². The van der Waals surface area contributed by atoms with Gasteiger partial charge < -0.3 is 10.2 Å². The SMILES string of the molecule is CC(C)(CO)CCCCc1cc(=O)cc(-c2ccccc2C2CCCC(CCCCC(C)(C)CO)S2)s1. The van der Waals surface area contributed by atoms with Gasteiger partial charge in [0, 0.05) is 39.5 Å². The van der Waals surface area contributed by atoms with E-state index in [-0.39, 0.29) is 29.5 Å². The van der Waals surface area contributed by atoms with E-state index in [4.69, 9.17) is 0 Å². The molecule has 1 aromatic heterocycles. The smallest absolute Gasteiger partial charge is 0.181 e. The van der Waals surface area contributed by atoms with Crippen molar-refractivity contribution in [1.29, 1.82) is 0 Å². The van der Waals surface area contributed by atoms with Gasteiger partial charge in [0.1, 0.15) is 0 Å². The van der Waals surface area contributed by atoms with Gasteiger partial charge in [-0.2, -0.15) is 11.8 Å². The van der Waals surface area contributed by atoms with Gasteiger partial charge in [0.25, 0.3) is 0 Å². The number of aliphatic hydroxyl groups excluding tert-OH is 2. The topological polar surface area (TPSA) is 57.5 Å². The summed E-state index contributed by atoms with van der Waals surface area (Å²) in [7, 11) is 0. The van der Waals surface area contributed by atoms with Gasteiger partial charge in [-0.15, -0.1) is 11.3 Å². The number of benzene rings is 1. The quantitative estimate of drug-likeness (QED) is 0.234. The van der Waals surface area contributed by atoms with Crippen LogP contribution < -0.4 is 5.43 Å². The van der Waals surface area contributed by atoms with Crippen molar-refractivity contribution in [3.05, 3.63) is 57.1 Å². The van der Waals surface area contributed by atoms with E-state index < -0.39 is 0 Å². The Morgan fingerprint density at radius 3 is 2.27 bits per heavy atom. The molecule has 0 bridgehead atoms. The summed E-state index contributed by atoms with van der Waals surface area (Å²) in [4.78, 5) is 14.9. The molecule has 1 fully saturated rings. The Hall–Kier alpha value is -1.14. The van der Waals surface area contributed by atoms with Crippen LogP contribution in [0.5, 0.6) is 0 Å². The van der Waals surface area contributed by atoms with Crippen LogP contribution in [-0.4, -0.2) is 28.7 Å². The molecule has 2 N–H and O–H groups in total. The Bertz CT molecular complexity index is 1030. The molecule has 5 heteroatoms. The molecule has 2 heterocycles. The Labute approximate surface area is 233 Å². The molecule has 0 spiro atoms. The van der Waals surface area contributed by atoms with Crippen LogP contribution in [0.25, 0.3) is 10.4 Å². The maximum atomic E-state index is 12.7. The van der Waals surface area contributed by atoms with Crippen LogP contribution in [0, 0.1) is 10.8 Å². The van der Waals surface area contributed by atoms with Gasteiger partial charge in [-0.05, 0) is 73.0 Å². The molecule has 3 nitrogen and oxygen atoms in total. The van der Waals surface area contributed by atoms with Crippen molar-refractivity contribution in [1.82, 2.24) is 0 Å². The van der Waals surface area contributed by atoms with Gasteiger partial charge in [-0.25, -0.2) is 0 Å². The minimum atomic E-state index is -0.0283. The van der Waals surface area contributed by atoms with Gasteiger partial charge in [0.05, 0.1) is 0 Å². The second-order valence-corrected chi connectivity index (χ2v) is 15.2.